The summed E-state index contributed by atoms with van der Waals surface area (Å²) in [5.41, 5.74) is 6.77. The second-order valence-electron chi connectivity index (χ2n) is 5.90. The highest BCUT2D eigenvalue weighted by Gasteiger charge is 2.31. The van der Waals surface area contributed by atoms with Gasteiger partial charge in [0.05, 0.1) is 6.61 Å². The molecule has 0 bridgehead atoms. The van der Waals surface area contributed by atoms with Crippen molar-refractivity contribution in [2.45, 2.75) is 38.6 Å². The molecule has 3 rings (SSSR count). The van der Waals surface area contributed by atoms with Gasteiger partial charge in [-0.05, 0) is 38.8 Å². The monoisotopic (exact) mass is 291 g/mol. The van der Waals surface area contributed by atoms with E-state index in [1.54, 1.807) is 6.33 Å². The van der Waals surface area contributed by atoms with Gasteiger partial charge in [0, 0.05) is 19.1 Å². The quantitative estimate of drug-likeness (QED) is 0.887. The van der Waals surface area contributed by atoms with Crippen LogP contribution in [0.2, 0.25) is 0 Å². The van der Waals surface area contributed by atoms with Crippen LogP contribution in [0.25, 0.3) is 0 Å². The lowest BCUT2D eigenvalue weighted by molar-refractivity contribution is 0.260. The third kappa shape index (κ3) is 3.05. The van der Waals surface area contributed by atoms with Crippen molar-refractivity contribution < 1.29 is 4.74 Å². The van der Waals surface area contributed by atoms with Crippen molar-refractivity contribution in [1.29, 1.82) is 0 Å². The average molecular weight is 291 g/mol. The molecule has 6 nitrogen and oxygen atoms in total. The van der Waals surface area contributed by atoms with Crippen LogP contribution in [0, 0.1) is 0 Å². The Hall–Kier alpha value is -1.56. The Bertz CT molecular complexity index is 475. The van der Waals surface area contributed by atoms with Gasteiger partial charge in [-0.15, -0.1) is 0 Å². The number of likely N-dealkylation sites (tertiary alicyclic amines) is 1. The molecule has 2 fully saturated rings. The Balaban J connectivity index is 1.69. The molecule has 0 aliphatic carbocycles. The minimum atomic E-state index is 0.520. The van der Waals surface area contributed by atoms with Crippen LogP contribution in [-0.4, -0.2) is 53.7 Å². The van der Waals surface area contributed by atoms with E-state index < -0.39 is 0 Å². The molecule has 0 amide bonds. The van der Waals surface area contributed by atoms with E-state index in [2.05, 4.69) is 26.7 Å². The fourth-order valence-electron chi connectivity index (χ4n) is 3.28. The van der Waals surface area contributed by atoms with Crippen LogP contribution in [0.4, 0.5) is 11.5 Å². The highest BCUT2D eigenvalue weighted by Crippen LogP contribution is 2.31. The Kier molecular flexibility index (Phi) is 4.43. The largest absolute Gasteiger partial charge is 0.476 e. The molecule has 0 spiro atoms. The minimum absolute atomic E-state index is 0.520. The van der Waals surface area contributed by atoms with Crippen LogP contribution in [-0.2, 0) is 0 Å². The molecule has 0 radical (unpaired) electrons. The van der Waals surface area contributed by atoms with Gasteiger partial charge in [0.1, 0.15) is 12.0 Å². The van der Waals surface area contributed by atoms with Gasteiger partial charge in [-0.3, -0.25) is 4.90 Å². The summed E-state index contributed by atoms with van der Waals surface area (Å²) in [6.45, 7) is 7.20. The molecule has 1 unspecified atom stereocenters. The first-order chi connectivity index (χ1) is 10.3. The maximum absolute atomic E-state index is 6.20. The fourth-order valence-corrected chi connectivity index (χ4v) is 3.28. The first kappa shape index (κ1) is 14.4. The SMILES string of the molecule is CCCOc1ncnc(N2CCC(N3CCCC3)C2)c1N. The maximum atomic E-state index is 6.20. The van der Waals surface area contributed by atoms with Crippen molar-refractivity contribution in [2.75, 3.05) is 43.4 Å². The van der Waals surface area contributed by atoms with Gasteiger partial charge in [0.25, 0.3) is 0 Å². The van der Waals surface area contributed by atoms with E-state index in [0.717, 1.165) is 25.3 Å². The van der Waals surface area contributed by atoms with E-state index in [9.17, 15) is 0 Å². The van der Waals surface area contributed by atoms with Gasteiger partial charge in [0.15, 0.2) is 5.82 Å². The molecule has 0 aromatic carbocycles. The summed E-state index contributed by atoms with van der Waals surface area (Å²) < 4.78 is 5.60. The Morgan fingerprint density at radius 1 is 1.29 bits per heavy atom. The highest BCUT2D eigenvalue weighted by atomic mass is 16.5. The molecule has 116 valence electrons. The smallest absolute Gasteiger partial charge is 0.242 e. The lowest BCUT2D eigenvalue weighted by atomic mass is 10.2. The zero-order valence-electron chi connectivity index (χ0n) is 12.8. The van der Waals surface area contributed by atoms with E-state index in [-0.39, 0.29) is 0 Å². The Morgan fingerprint density at radius 3 is 2.86 bits per heavy atom. The second kappa shape index (κ2) is 6.47. The van der Waals surface area contributed by atoms with Crippen molar-refractivity contribution >= 4 is 11.5 Å². The molecule has 2 N–H and O–H groups in total. The van der Waals surface area contributed by atoms with Crippen LogP contribution in [0.1, 0.15) is 32.6 Å². The highest BCUT2D eigenvalue weighted by molar-refractivity contribution is 5.68. The lowest BCUT2D eigenvalue weighted by Crippen LogP contribution is -2.35. The maximum Gasteiger partial charge on any atom is 0.242 e. The number of rotatable bonds is 5. The molecular formula is C15H25N5O. The molecule has 21 heavy (non-hydrogen) atoms. The van der Waals surface area contributed by atoms with Gasteiger partial charge in [-0.2, -0.15) is 4.98 Å². The van der Waals surface area contributed by atoms with Gasteiger partial charge in [-0.25, -0.2) is 4.98 Å². The van der Waals surface area contributed by atoms with Crippen LogP contribution in [0.3, 0.4) is 0 Å². The molecule has 2 aliphatic heterocycles. The first-order valence-electron chi connectivity index (χ1n) is 8.02. The molecular weight excluding hydrogens is 266 g/mol. The van der Waals surface area contributed by atoms with E-state index in [4.69, 9.17) is 10.5 Å². The number of aromatic nitrogens is 2. The van der Waals surface area contributed by atoms with Gasteiger partial charge in [0.2, 0.25) is 5.88 Å². The zero-order chi connectivity index (χ0) is 14.7. The van der Waals surface area contributed by atoms with Crippen molar-refractivity contribution in [3.05, 3.63) is 6.33 Å². The number of ether oxygens (including phenoxy) is 1. The predicted octanol–water partition coefficient (Wildman–Crippen LogP) is 1.52. The minimum Gasteiger partial charge on any atom is -0.476 e. The standard InChI is InChI=1S/C15H25N5O/c1-2-9-21-15-13(16)14(17-11-18-15)20-8-5-12(10-20)19-6-3-4-7-19/h11-12H,2-10,16H2,1H3. The normalized spacial score (nSPS) is 22.9. The van der Waals surface area contributed by atoms with Crippen molar-refractivity contribution in [1.82, 2.24) is 14.9 Å². The zero-order valence-corrected chi connectivity index (χ0v) is 12.8. The number of hydrogen-bond donors (Lipinski definition) is 1. The van der Waals surface area contributed by atoms with Crippen LogP contribution >= 0.6 is 0 Å². The number of nitrogen functional groups attached to an aromatic ring is 1. The summed E-state index contributed by atoms with van der Waals surface area (Å²) in [6.07, 6.45) is 6.36. The number of anilines is 2. The van der Waals surface area contributed by atoms with E-state index in [1.165, 1.54) is 32.4 Å². The molecule has 3 heterocycles. The Labute approximate surface area is 126 Å². The van der Waals surface area contributed by atoms with Crippen LogP contribution in [0.15, 0.2) is 6.33 Å². The molecule has 1 aromatic heterocycles. The van der Waals surface area contributed by atoms with Crippen molar-refractivity contribution in [3.63, 3.8) is 0 Å². The van der Waals surface area contributed by atoms with E-state index in [0.29, 0.717) is 24.2 Å². The van der Waals surface area contributed by atoms with Crippen molar-refractivity contribution in [2.24, 2.45) is 0 Å². The average Bonchev–Trinajstić information content (AvgIpc) is 3.17. The lowest BCUT2D eigenvalue weighted by Gasteiger charge is -2.24. The first-order valence-corrected chi connectivity index (χ1v) is 8.02. The van der Waals surface area contributed by atoms with E-state index >= 15 is 0 Å². The molecule has 6 heteroatoms. The summed E-state index contributed by atoms with van der Waals surface area (Å²) >= 11 is 0. The van der Waals surface area contributed by atoms with Crippen LogP contribution < -0.4 is 15.4 Å². The molecule has 1 atom stereocenters. The van der Waals surface area contributed by atoms with Crippen LogP contribution in [0.5, 0.6) is 5.88 Å². The summed E-state index contributed by atoms with van der Waals surface area (Å²) in [6, 6.07) is 0.641. The summed E-state index contributed by atoms with van der Waals surface area (Å²) in [5.74, 6) is 1.35. The van der Waals surface area contributed by atoms with Gasteiger partial charge in [-0.1, -0.05) is 6.92 Å². The number of nitrogens with two attached hydrogens (primary N) is 1. The van der Waals surface area contributed by atoms with Gasteiger partial charge < -0.3 is 15.4 Å². The molecule has 2 aliphatic rings. The van der Waals surface area contributed by atoms with Gasteiger partial charge >= 0.3 is 0 Å². The molecule has 0 saturated carbocycles. The third-order valence-corrected chi connectivity index (χ3v) is 4.39. The van der Waals surface area contributed by atoms with Crippen molar-refractivity contribution in [3.8, 4) is 5.88 Å². The van der Waals surface area contributed by atoms with E-state index in [1.807, 2.05) is 0 Å². The molecule has 1 aromatic rings. The summed E-state index contributed by atoms with van der Waals surface area (Å²) in [5, 5.41) is 0. The molecule has 2 saturated heterocycles. The summed E-state index contributed by atoms with van der Waals surface area (Å²) in [7, 11) is 0. The predicted molar refractivity (Wildman–Crippen MR) is 83.7 cm³/mol. The Morgan fingerprint density at radius 2 is 2.10 bits per heavy atom. The second-order valence-corrected chi connectivity index (χ2v) is 5.90. The third-order valence-electron chi connectivity index (χ3n) is 4.39. The topological polar surface area (TPSA) is 67.5 Å². The fraction of sp³-hybridized carbons (Fsp3) is 0.733. The number of nitrogens with zero attached hydrogens (tertiary/aromatic N) is 4. The number of hydrogen-bond acceptors (Lipinski definition) is 6. The summed E-state index contributed by atoms with van der Waals surface area (Å²) in [4.78, 5) is 13.4.